The van der Waals surface area contributed by atoms with Crippen molar-refractivity contribution in [3.05, 3.63) is 215 Å². The smallest absolute Gasteiger partial charge is 0.309 e. The SMILES string of the molecule is Cc1ccc(-c2ccc3c(c2)c2ccccc2n3-c2ccc(C#N)c(-c3cc(-c4cc(C(F)(F)F)cc(C(F)(F)F)c4)ccc3-n3c4ccccc4c4cc(-c5ccc(C)cc5C)ccc43)c2)c(C)c1. The van der Waals surface area contributed by atoms with Crippen molar-refractivity contribution >= 4 is 43.6 Å². The fourth-order valence-electron chi connectivity index (χ4n) is 10.3. The van der Waals surface area contributed by atoms with Gasteiger partial charge in [-0.15, -0.1) is 0 Å². The summed E-state index contributed by atoms with van der Waals surface area (Å²) in [5, 5.41) is 14.8. The largest absolute Gasteiger partial charge is 0.416 e. The molecule has 70 heavy (non-hydrogen) atoms. The monoisotopic (exact) mass is 929 g/mol. The van der Waals surface area contributed by atoms with E-state index in [0.717, 1.165) is 94.7 Å². The molecule has 0 radical (unpaired) electrons. The van der Waals surface area contributed by atoms with Crippen LogP contribution in [0.4, 0.5) is 26.3 Å². The maximum Gasteiger partial charge on any atom is 0.416 e. The topological polar surface area (TPSA) is 33.6 Å². The van der Waals surface area contributed by atoms with E-state index in [1.165, 1.54) is 5.56 Å². The summed E-state index contributed by atoms with van der Waals surface area (Å²) in [6.07, 6.45) is -10.1. The zero-order chi connectivity index (χ0) is 48.8. The van der Waals surface area contributed by atoms with Crippen molar-refractivity contribution in [1.29, 1.82) is 5.26 Å². The Morgan fingerprint density at radius 3 is 1.41 bits per heavy atom. The van der Waals surface area contributed by atoms with Crippen molar-refractivity contribution < 1.29 is 26.3 Å². The van der Waals surface area contributed by atoms with Crippen LogP contribution in [0.1, 0.15) is 38.9 Å². The van der Waals surface area contributed by atoms with E-state index in [1.54, 1.807) is 24.3 Å². The number of aromatic nitrogens is 2. The summed E-state index contributed by atoms with van der Waals surface area (Å²) in [7, 11) is 0. The lowest BCUT2D eigenvalue weighted by Gasteiger charge is -2.19. The molecule has 2 aromatic heterocycles. The van der Waals surface area contributed by atoms with Gasteiger partial charge < -0.3 is 9.13 Å². The number of nitrogens with zero attached hydrogens (tertiary/aromatic N) is 3. The molecule has 0 aliphatic rings. The third kappa shape index (κ3) is 7.48. The zero-order valence-electron chi connectivity index (χ0n) is 38.4. The molecular formula is C61H41F6N3. The number of nitriles is 1. The molecule has 342 valence electrons. The van der Waals surface area contributed by atoms with Crippen LogP contribution in [0.15, 0.2) is 176 Å². The Bertz CT molecular complexity index is 3960. The first-order valence-electron chi connectivity index (χ1n) is 22.8. The summed E-state index contributed by atoms with van der Waals surface area (Å²) in [6.45, 7) is 8.30. The average Bonchev–Trinajstić information content (AvgIpc) is 3.85. The number of rotatable bonds is 6. The van der Waals surface area contributed by atoms with Gasteiger partial charge in [0.05, 0.1) is 50.5 Å². The Morgan fingerprint density at radius 1 is 0.386 bits per heavy atom. The van der Waals surface area contributed by atoms with Gasteiger partial charge in [0.15, 0.2) is 0 Å². The van der Waals surface area contributed by atoms with E-state index in [9.17, 15) is 31.6 Å². The molecule has 0 bridgehead atoms. The number of hydrogen-bond donors (Lipinski definition) is 0. The summed E-state index contributed by atoms with van der Waals surface area (Å²) in [5.74, 6) is 0. The van der Waals surface area contributed by atoms with Gasteiger partial charge in [-0.05, 0) is 157 Å². The Hall–Kier alpha value is -8.35. The minimum Gasteiger partial charge on any atom is -0.309 e. The molecule has 9 heteroatoms. The first-order valence-corrected chi connectivity index (χ1v) is 22.8. The van der Waals surface area contributed by atoms with E-state index in [0.29, 0.717) is 22.5 Å². The van der Waals surface area contributed by atoms with E-state index < -0.39 is 23.5 Å². The van der Waals surface area contributed by atoms with Crippen LogP contribution in [-0.2, 0) is 12.4 Å². The molecule has 0 amide bonds. The van der Waals surface area contributed by atoms with Gasteiger partial charge in [-0.2, -0.15) is 31.6 Å². The van der Waals surface area contributed by atoms with E-state index >= 15 is 0 Å². The number of fused-ring (bicyclic) bond motifs is 6. The van der Waals surface area contributed by atoms with Crippen LogP contribution in [0.5, 0.6) is 0 Å². The molecule has 3 nitrogen and oxygen atoms in total. The summed E-state index contributed by atoms with van der Waals surface area (Å²) in [6, 6.07) is 55.7. The first-order chi connectivity index (χ1) is 33.5. The molecule has 0 unspecified atom stereocenters. The lowest BCUT2D eigenvalue weighted by Crippen LogP contribution is -2.11. The Labute approximate surface area is 399 Å². The Balaban J connectivity index is 1.19. The summed E-state index contributed by atoms with van der Waals surface area (Å²) >= 11 is 0. The Morgan fingerprint density at radius 2 is 0.886 bits per heavy atom. The molecule has 0 saturated carbocycles. The molecule has 0 N–H and O–H groups in total. The highest BCUT2D eigenvalue weighted by Crippen LogP contribution is 2.45. The maximum atomic E-state index is 14.4. The minimum absolute atomic E-state index is 0.110. The van der Waals surface area contributed by atoms with Crippen LogP contribution in [-0.4, -0.2) is 9.13 Å². The first kappa shape index (κ1) is 44.2. The van der Waals surface area contributed by atoms with Crippen LogP contribution >= 0.6 is 0 Å². The molecule has 0 fully saturated rings. The zero-order valence-corrected chi connectivity index (χ0v) is 38.4. The second kappa shape index (κ2) is 16.4. The predicted octanol–water partition coefficient (Wildman–Crippen LogP) is 17.7. The summed E-state index contributed by atoms with van der Waals surface area (Å²) < 4.78 is 90.3. The molecule has 2 heterocycles. The highest BCUT2D eigenvalue weighted by atomic mass is 19.4. The van der Waals surface area contributed by atoms with Crippen LogP contribution < -0.4 is 0 Å². The van der Waals surface area contributed by atoms with E-state index in [4.69, 9.17) is 0 Å². The number of para-hydroxylation sites is 2. The Kier molecular flexibility index (Phi) is 10.4. The lowest BCUT2D eigenvalue weighted by atomic mass is 9.92. The number of benzene rings is 9. The number of hydrogen-bond acceptors (Lipinski definition) is 1. The van der Waals surface area contributed by atoms with Gasteiger partial charge in [-0.25, -0.2) is 0 Å². The molecule has 0 atom stereocenters. The molecule has 0 saturated heterocycles. The minimum atomic E-state index is -5.05. The van der Waals surface area contributed by atoms with Crippen LogP contribution in [0.3, 0.4) is 0 Å². The van der Waals surface area contributed by atoms with Gasteiger partial charge >= 0.3 is 12.4 Å². The van der Waals surface area contributed by atoms with Gasteiger partial charge in [-0.3, -0.25) is 0 Å². The van der Waals surface area contributed by atoms with Gasteiger partial charge in [0.2, 0.25) is 0 Å². The van der Waals surface area contributed by atoms with Crippen molar-refractivity contribution in [1.82, 2.24) is 9.13 Å². The molecule has 0 aliphatic heterocycles. The lowest BCUT2D eigenvalue weighted by molar-refractivity contribution is -0.143. The fraction of sp³-hybridized carbons (Fsp3) is 0.0984. The highest BCUT2D eigenvalue weighted by Gasteiger charge is 2.37. The fourth-order valence-corrected chi connectivity index (χ4v) is 10.3. The van der Waals surface area contributed by atoms with E-state index in [-0.39, 0.29) is 22.8 Å². The van der Waals surface area contributed by atoms with Gasteiger partial charge in [0.1, 0.15) is 0 Å². The highest BCUT2D eigenvalue weighted by molar-refractivity contribution is 6.12. The molecule has 11 rings (SSSR count). The third-order valence-electron chi connectivity index (χ3n) is 13.6. The normalized spacial score (nSPS) is 12.1. The molecule has 11 aromatic rings. The van der Waals surface area contributed by atoms with Crippen LogP contribution in [0.25, 0.3) is 99.5 Å². The molecule has 9 aromatic carbocycles. The van der Waals surface area contributed by atoms with Gasteiger partial charge in [0.25, 0.3) is 0 Å². The quantitative estimate of drug-likeness (QED) is 0.153. The maximum absolute atomic E-state index is 14.4. The summed E-state index contributed by atoms with van der Waals surface area (Å²) in [5.41, 5.74) is 11.7. The third-order valence-corrected chi connectivity index (χ3v) is 13.6. The van der Waals surface area contributed by atoms with Crippen molar-refractivity contribution in [2.45, 2.75) is 40.0 Å². The molecule has 0 aliphatic carbocycles. The average molecular weight is 930 g/mol. The standard InChI is InChI=1S/C61H41F6N3/c1-35-13-20-47(37(3)25-35)40-17-23-57-52(30-40)49-9-5-7-11-55(49)69(57)46-19-15-42(34-68)51(33-46)54-29-39(43-27-44(60(62,63)64)32-45(28-43)61(65,66)67)16-22-59(54)70-56-12-8-6-10-50(56)53-31-41(18-24-58(53)70)48-21-14-36(2)26-38(48)4/h5-33H,1-4H3. The van der Waals surface area contributed by atoms with Crippen molar-refractivity contribution in [3.63, 3.8) is 0 Å². The second-order valence-electron chi connectivity index (χ2n) is 18.2. The van der Waals surface area contributed by atoms with Crippen molar-refractivity contribution in [2.75, 3.05) is 0 Å². The number of halogens is 6. The van der Waals surface area contributed by atoms with Crippen LogP contribution in [0, 0.1) is 39.0 Å². The van der Waals surface area contributed by atoms with E-state index in [2.05, 4.69) is 116 Å². The predicted molar refractivity (Wildman–Crippen MR) is 271 cm³/mol. The molecular weight excluding hydrogens is 889 g/mol. The number of alkyl halides is 6. The van der Waals surface area contributed by atoms with Crippen LogP contribution in [0.2, 0.25) is 0 Å². The number of aryl methyl sites for hydroxylation is 4. The van der Waals surface area contributed by atoms with Crippen molar-refractivity contribution in [3.8, 4) is 62.0 Å². The summed E-state index contributed by atoms with van der Waals surface area (Å²) in [4.78, 5) is 0. The van der Waals surface area contributed by atoms with Crippen molar-refractivity contribution in [2.24, 2.45) is 0 Å². The molecule has 0 spiro atoms. The van der Waals surface area contributed by atoms with E-state index in [1.807, 2.05) is 60.7 Å². The van der Waals surface area contributed by atoms with Gasteiger partial charge in [-0.1, -0.05) is 102 Å². The van der Waals surface area contributed by atoms with Gasteiger partial charge in [0, 0.05) is 38.4 Å². The second-order valence-corrected chi connectivity index (χ2v) is 18.2.